The Morgan fingerprint density at radius 1 is 1.35 bits per heavy atom. The molecule has 2 N–H and O–H groups in total. The van der Waals surface area contributed by atoms with Crippen molar-refractivity contribution in [1.82, 2.24) is 0 Å². The maximum absolute atomic E-state index is 11.8. The fourth-order valence-corrected chi connectivity index (χ4v) is 1.92. The lowest BCUT2D eigenvalue weighted by molar-refractivity contribution is -0.147. The predicted octanol–water partition coefficient (Wildman–Crippen LogP) is 2.29. The summed E-state index contributed by atoms with van der Waals surface area (Å²) < 4.78 is 4.82. The van der Waals surface area contributed by atoms with E-state index in [9.17, 15) is 4.79 Å². The number of esters is 1. The van der Waals surface area contributed by atoms with Gasteiger partial charge >= 0.3 is 5.97 Å². The number of unbranched alkanes of at least 4 members (excludes halogenated alkanes) is 1. The summed E-state index contributed by atoms with van der Waals surface area (Å²) in [6, 6.07) is 9.82. The van der Waals surface area contributed by atoms with E-state index in [1.54, 1.807) is 0 Å². The molecular weight excluding hydrogens is 214 g/mol. The first-order chi connectivity index (χ1) is 8.12. The van der Waals surface area contributed by atoms with E-state index in [1.165, 1.54) is 7.11 Å². The standard InChI is InChI=1S/C14H21NO2/c1-3-4-10-14(15,13(16)17-2)11-12-8-6-5-7-9-12/h5-9H,3-4,10-11,15H2,1-2H3. The number of methoxy groups -OCH3 is 1. The van der Waals surface area contributed by atoms with Gasteiger partial charge in [-0.2, -0.15) is 0 Å². The molecule has 0 spiro atoms. The van der Waals surface area contributed by atoms with Crippen LogP contribution < -0.4 is 5.73 Å². The molecule has 1 aromatic rings. The molecule has 0 aliphatic rings. The largest absolute Gasteiger partial charge is 0.468 e. The lowest BCUT2D eigenvalue weighted by atomic mass is 9.87. The van der Waals surface area contributed by atoms with E-state index in [-0.39, 0.29) is 5.97 Å². The summed E-state index contributed by atoms with van der Waals surface area (Å²) in [4.78, 5) is 11.8. The van der Waals surface area contributed by atoms with Crippen LogP contribution >= 0.6 is 0 Å². The van der Waals surface area contributed by atoms with Crippen LogP contribution in [0.4, 0.5) is 0 Å². The number of hydrogen-bond donors (Lipinski definition) is 1. The number of hydrogen-bond acceptors (Lipinski definition) is 3. The van der Waals surface area contributed by atoms with Gasteiger partial charge in [0.25, 0.3) is 0 Å². The van der Waals surface area contributed by atoms with Crippen LogP contribution in [0.1, 0.15) is 31.7 Å². The first kappa shape index (κ1) is 13.7. The zero-order chi connectivity index (χ0) is 12.7. The molecule has 94 valence electrons. The summed E-state index contributed by atoms with van der Waals surface area (Å²) in [7, 11) is 1.39. The third-order valence-electron chi connectivity index (χ3n) is 2.93. The van der Waals surface area contributed by atoms with Crippen LogP contribution in [0.15, 0.2) is 30.3 Å². The van der Waals surface area contributed by atoms with Crippen molar-refractivity contribution >= 4 is 5.97 Å². The number of nitrogens with two attached hydrogens (primary N) is 1. The Balaban J connectivity index is 2.80. The van der Waals surface area contributed by atoms with Gasteiger partial charge in [-0.25, -0.2) is 0 Å². The van der Waals surface area contributed by atoms with E-state index in [0.717, 1.165) is 18.4 Å². The molecule has 1 unspecified atom stereocenters. The van der Waals surface area contributed by atoms with Crippen LogP contribution in [0.5, 0.6) is 0 Å². The van der Waals surface area contributed by atoms with Crippen molar-refractivity contribution in [1.29, 1.82) is 0 Å². The SMILES string of the molecule is CCCCC(N)(Cc1ccccc1)C(=O)OC. The molecule has 0 saturated carbocycles. The lowest BCUT2D eigenvalue weighted by Gasteiger charge is -2.26. The summed E-state index contributed by atoms with van der Waals surface area (Å²) in [6.07, 6.45) is 3.13. The van der Waals surface area contributed by atoms with Gasteiger partial charge in [0, 0.05) is 6.42 Å². The average Bonchev–Trinajstić information content (AvgIpc) is 2.36. The summed E-state index contributed by atoms with van der Waals surface area (Å²) >= 11 is 0. The van der Waals surface area contributed by atoms with Gasteiger partial charge in [-0.15, -0.1) is 0 Å². The van der Waals surface area contributed by atoms with Crippen LogP contribution in [-0.4, -0.2) is 18.6 Å². The Morgan fingerprint density at radius 3 is 2.53 bits per heavy atom. The van der Waals surface area contributed by atoms with Crippen molar-refractivity contribution in [3.63, 3.8) is 0 Å². The second-order valence-corrected chi connectivity index (χ2v) is 4.41. The van der Waals surface area contributed by atoms with E-state index in [0.29, 0.717) is 12.8 Å². The van der Waals surface area contributed by atoms with Crippen LogP contribution in [-0.2, 0) is 16.0 Å². The van der Waals surface area contributed by atoms with E-state index in [4.69, 9.17) is 10.5 Å². The molecule has 3 heteroatoms. The topological polar surface area (TPSA) is 52.3 Å². The lowest BCUT2D eigenvalue weighted by Crippen LogP contribution is -2.50. The van der Waals surface area contributed by atoms with Crippen LogP contribution in [0.3, 0.4) is 0 Å². The molecule has 0 bridgehead atoms. The number of carbonyl (C=O) groups excluding carboxylic acids is 1. The Hall–Kier alpha value is -1.35. The van der Waals surface area contributed by atoms with Crippen molar-refractivity contribution in [2.75, 3.05) is 7.11 Å². The van der Waals surface area contributed by atoms with Gasteiger partial charge in [-0.3, -0.25) is 4.79 Å². The molecular formula is C14H21NO2. The smallest absolute Gasteiger partial charge is 0.326 e. The number of carbonyl (C=O) groups is 1. The van der Waals surface area contributed by atoms with Gasteiger partial charge in [0.1, 0.15) is 5.54 Å². The molecule has 0 heterocycles. The molecule has 0 fully saturated rings. The van der Waals surface area contributed by atoms with Crippen molar-refractivity contribution < 1.29 is 9.53 Å². The first-order valence-electron chi connectivity index (χ1n) is 6.03. The summed E-state index contributed by atoms with van der Waals surface area (Å²) in [5, 5.41) is 0. The second-order valence-electron chi connectivity index (χ2n) is 4.41. The van der Waals surface area contributed by atoms with E-state index in [1.807, 2.05) is 30.3 Å². The molecule has 1 rings (SSSR count). The quantitative estimate of drug-likeness (QED) is 0.770. The molecule has 0 aliphatic carbocycles. The maximum Gasteiger partial charge on any atom is 0.326 e. The number of benzene rings is 1. The minimum absolute atomic E-state index is 0.324. The van der Waals surface area contributed by atoms with Crippen molar-refractivity contribution in [2.45, 2.75) is 38.1 Å². The number of ether oxygens (including phenoxy) is 1. The zero-order valence-corrected chi connectivity index (χ0v) is 10.6. The highest BCUT2D eigenvalue weighted by atomic mass is 16.5. The fourth-order valence-electron chi connectivity index (χ4n) is 1.92. The fraction of sp³-hybridized carbons (Fsp3) is 0.500. The summed E-state index contributed by atoms with van der Waals surface area (Å²) in [5.74, 6) is -0.324. The van der Waals surface area contributed by atoms with Gasteiger partial charge in [-0.05, 0) is 12.0 Å². The van der Waals surface area contributed by atoms with Crippen molar-refractivity contribution in [3.05, 3.63) is 35.9 Å². The predicted molar refractivity (Wildman–Crippen MR) is 68.6 cm³/mol. The molecule has 1 atom stereocenters. The van der Waals surface area contributed by atoms with Crippen LogP contribution in [0.2, 0.25) is 0 Å². The average molecular weight is 235 g/mol. The Kier molecular flexibility index (Phi) is 5.16. The van der Waals surface area contributed by atoms with Gasteiger partial charge in [-0.1, -0.05) is 50.1 Å². The molecule has 1 aromatic carbocycles. The minimum atomic E-state index is -0.897. The molecule has 0 radical (unpaired) electrons. The van der Waals surface area contributed by atoms with E-state index in [2.05, 4.69) is 6.92 Å². The molecule has 0 saturated heterocycles. The van der Waals surface area contributed by atoms with Gasteiger partial charge < -0.3 is 10.5 Å². The van der Waals surface area contributed by atoms with Gasteiger partial charge in [0.2, 0.25) is 0 Å². The Morgan fingerprint density at radius 2 is 2.00 bits per heavy atom. The molecule has 17 heavy (non-hydrogen) atoms. The molecule has 3 nitrogen and oxygen atoms in total. The highest BCUT2D eigenvalue weighted by molar-refractivity contribution is 5.80. The van der Waals surface area contributed by atoms with E-state index >= 15 is 0 Å². The molecule has 0 amide bonds. The summed E-state index contributed by atoms with van der Waals surface area (Å²) in [6.45, 7) is 2.08. The van der Waals surface area contributed by atoms with E-state index < -0.39 is 5.54 Å². The monoisotopic (exact) mass is 235 g/mol. The molecule has 0 aliphatic heterocycles. The van der Waals surface area contributed by atoms with Gasteiger partial charge in [0.15, 0.2) is 0 Å². The first-order valence-corrected chi connectivity index (χ1v) is 6.03. The normalized spacial score (nSPS) is 14.1. The van der Waals surface area contributed by atoms with Crippen molar-refractivity contribution in [3.8, 4) is 0 Å². The zero-order valence-electron chi connectivity index (χ0n) is 10.6. The maximum atomic E-state index is 11.8. The Bertz CT molecular complexity index is 350. The third-order valence-corrected chi connectivity index (χ3v) is 2.93. The van der Waals surface area contributed by atoms with Crippen LogP contribution in [0.25, 0.3) is 0 Å². The Labute approximate surface area is 103 Å². The van der Waals surface area contributed by atoms with Crippen molar-refractivity contribution in [2.24, 2.45) is 5.73 Å². The third kappa shape index (κ3) is 3.86. The highest BCUT2D eigenvalue weighted by Gasteiger charge is 2.34. The molecule has 0 aromatic heterocycles. The highest BCUT2D eigenvalue weighted by Crippen LogP contribution is 2.19. The minimum Gasteiger partial charge on any atom is -0.468 e. The van der Waals surface area contributed by atoms with Crippen LogP contribution in [0, 0.1) is 0 Å². The summed E-state index contributed by atoms with van der Waals surface area (Å²) in [5.41, 5.74) is 6.37. The van der Waals surface area contributed by atoms with Gasteiger partial charge in [0.05, 0.1) is 7.11 Å². The second kappa shape index (κ2) is 6.40. The number of rotatable bonds is 6.